The summed E-state index contributed by atoms with van der Waals surface area (Å²) in [5, 5.41) is 19.0. The van der Waals surface area contributed by atoms with Crippen molar-refractivity contribution in [2.24, 2.45) is 5.92 Å². The maximum Gasteiger partial charge on any atom is 0.262 e. The highest BCUT2D eigenvalue weighted by Crippen LogP contribution is 2.28. The molecule has 0 amide bonds. The van der Waals surface area contributed by atoms with Crippen LogP contribution in [0.3, 0.4) is 0 Å². The van der Waals surface area contributed by atoms with Gasteiger partial charge in [-0.1, -0.05) is 37.7 Å². The third-order valence-corrected chi connectivity index (χ3v) is 6.19. The molecule has 0 atom stereocenters. The lowest BCUT2D eigenvalue weighted by Gasteiger charge is -2.12. The summed E-state index contributed by atoms with van der Waals surface area (Å²) in [6.45, 7) is 7.53. The lowest BCUT2D eigenvalue weighted by atomic mass is 10.2. The largest absolute Gasteiger partial charge is 0.461 e. The fourth-order valence-electron chi connectivity index (χ4n) is 3.84. The molecule has 5 rings (SSSR count). The molecule has 164 valence electrons. The standard InChI is InChI=1S/C22H23N7O2S/c1-4-27-20(30)15-8-5-6-9-16(15)29-18(23-25-21(27)29)13-32-22-26-24-19(17-10-7-11-31-17)28(22)12-14(2)3/h5-11,14H,4,12-13H2,1-3H3. The van der Waals surface area contributed by atoms with Crippen molar-refractivity contribution in [2.75, 3.05) is 0 Å². The Kier molecular flexibility index (Phi) is 5.30. The van der Waals surface area contributed by atoms with Crippen LogP contribution in [-0.2, 0) is 18.8 Å². The first-order valence-corrected chi connectivity index (χ1v) is 11.5. The van der Waals surface area contributed by atoms with Gasteiger partial charge in [0.1, 0.15) is 5.82 Å². The van der Waals surface area contributed by atoms with Gasteiger partial charge < -0.3 is 4.42 Å². The summed E-state index contributed by atoms with van der Waals surface area (Å²) in [6, 6.07) is 11.3. The van der Waals surface area contributed by atoms with Crippen LogP contribution in [0.4, 0.5) is 0 Å². The molecule has 32 heavy (non-hydrogen) atoms. The van der Waals surface area contributed by atoms with Crippen molar-refractivity contribution in [1.29, 1.82) is 0 Å². The molecule has 0 spiro atoms. The average molecular weight is 450 g/mol. The summed E-state index contributed by atoms with van der Waals surface area (Å²) >= 11 is 1.54. The fraction of sp³-hybridized carbons (Fsp3) is 0.318. The Morgan fingerprint density at radius 1 is 1.03 bits per heavy atom. The Bertz CT molecular complexity index is 1450. The van der Waals surface area contributed by atoms with Crippen molar-refractivity contribution in [3.05, 3.63) is 58.8 Å². The van der Waals surface area contributed by atoms with Gasteiger partial charge in [-0.25, -0.2) is 0 Å². The van der Waals surface area contributed by atoms with Crippen LogP contribution >= 0.6 is 11.8 Å². The molecule has 0 N–H and O–H groups in total. The predicted octanol–water partition coefficient (Wildman–Crippen LogP) is 3.86. The summed E-state index contributed by atoms with van der Waals surface area (Å²) < 4.78 is 11.3. The van der Waals surface area contributed by atoms with Crippen molar-refractivity contribution >= 4 is 28.4 Å². The fourth-order valence-corrected chi connectivity index (χ4v) is 4.70. The zero-order valence-corrected chi connectivity index (χ0v) is 18.9. The molecule has 5 aromatic rings. The minimum Gasteiger partial charge on any atom is -0.461 e. The van der Waals surface area contributed by atoms with E-state index >= 15 is 0 Å². The molecule has 0 fully saturated rings. The molecule has 4 heterocycles. The van der Waals surface area contributed by atoms with E-state index in [2.05, 4.69) is 38.8 Å². The van der Waals surface area contributed by atoms with Crippen molar-refractivity contribution < 1.29 is 4.42 Å². The van der Waals surface area contributed by atoms with Gasteiger partial charge in [0.15, 0.2) is 16.7 Å². The van der Waals surface area contributed by atoms with Crippen molar-refractivity contribution in [1.82, 2.24) is 33.9 Å². The summed E-state index contributed by atoms with van der Waals surface area (Å²) in [4.78, 5) is 12.9. The van der Waals surface area contributed by atoms with Gasteiger partial charge in [0.2, 0.25) is 5.78 Å². The van der Waals surface area contributed by atoms with Crippen LogP contribution in [0.2, 0.25) is 0 Å². The SMILES string of the molecule is CCn1c(=O)c2ccccc2n2c(CSc3nnc(-c4ccco4)n3CC(C)C)nnc12. The molecule has 1 aromatic carbocycles. The second-order valence-electron chi connectivity index (χ2n) is 7.89. The van der Waals surface area contributed by atoms with E-state index in [-0.39, 0.29) is 5.56 Å². The van der Waals surface area contributed by atoms with E-state index in [4.69, 9.17) is 4.42 Å². The molecule has 0 bridgehead atoms. The van der Waals surface area contributed by atoms with Crippen LogP contribution in [0.15, 0.2) is 57.0 Å². The van der Waals surface area contributed by atoms with Gasteiger partial charge >= 0.3 is 0 Å². The number of thioether (sulfide) groups is 1. The maximum atomic E-state index is 12.9. The van der Waals surface area contributed by atoms with Crippen molar-refractivity contribution in [2.45, 2.75) is 44.8 Å². The van der Waals surface area contributed by atoms with Gasteiger partial charge in [-0.15, -0.1) is 20.4 Å². The second-order valence-corrected chi connectivity index (χ2v) is 8.84. The highest BCUT2D eigenvalue weighted by Gasteiger charge is 2.20. The van der Waals surface area contributed by atoms with E-state index in [0.29, 0.717) is 41.0 Å². The number of para-hydroxylation sites is 1. The summed E-state index contributed by atoms with van der Waals surface area (Å²) in [5.74, 6) is 3.64. The lowest BCUT2D eigenvalue weighted by Crippen LogP contribution is -2.22. The van der Waals surface area contributed by atoms with E-state index in [1.807, 2.05) is 47.7 Å². The Labute approximate surface area is 188 Å². The van der Waals surface area contributed by atoms with Gasteiger partial charge in [0.05, 0.1) is 22.9 Å². The number of rotatable bonds is 7. The quantitative estimate of drug-likeness (QED) is 0.348. The first kappa shape index (κ1) is 20.5. The summed E-state index contributed by atoms with van der Waals surface area (Å²) in [5.41, 5.74) is 0.750. The molecule has 0 aliphatic heterocycles. The third kappa shape index (κ3) is 3.40. The molecule has 0 aliphatic rings. The number of fused-ring (bicyclic) bond motifs is 3. The summed E-state index contributed by atoms with van der Waals surface area (Å²) in [6.07, 6.45) is 1.64. The number of aromatic nitrogens is 7. The normalized spacial score (nSPS) is 11.9. The van der Waals surface area contributed by atoms with Crippen LogP contribution in [0.25, 0.3) is 28.3 Å². The van der Waals surface area contributed by atoms with Gasteiger partial charge in [0.25, 0.3) is 5.56 Å². The maximum absolute atomic E-state index is 12.9. The number of furan rings is 1. The van der Waals surface area contributed by atoms with Gasteiger partial charge in [-0.2, -0.15) is 0 Å². The highest BCUT2D eigenvalue weighted by atomic mass is 32.2. The topological polar surface area (TPSA) is 96.0 Å². The van der Waals surface area contributed by atoms with E-state index in [0.717, 1.165) is 23.0 Å². The zero-order chi connectivity index (χ0) is 22.2. The van der Waals surface area contributed by atoms with Gasteiger partial charge in [0, 0.05) is 13.1 Å². The Morgan fingerprint density at radius 2 is 1.88 bits per heavy atom. The molecule has 10 heteroatoms. The van der Waals surface area contributed by atoms with Gasteiger partial charge in [-0.3, -0.25) is 18.3 Å². The molecule has 0 saturated carbocycles. The molecular weight excluding hydrogens is 426 g/mol. The molecular formula is C22H23N7O2S. The minimum atomic E-state index is -0.0537. The first-order valence-electron chi connectivity index (χ1n) is 10.5. The minimum absolute atomic E-state index is 0.0537. The number of benzene rings is 1. The molecule has 0 unspecified atom stereocenters. The van der Waals surface area contributed by atoms with Crippen LogP contribution in [0.1, 0.15) is 26.6 Å². The van der Waals surface area contributed by atoms with Crippen LogP contribution in [0, 0.1) is 5.92 Å². The number of hydrogen-bond acceptors (Lipinski definition) is 7. The first-order chi connectivity index (χ1) is 15.6. The molecule has 4 aromatic heterocycles. The Balaban J connectivity index is 1.56. The predicted molar refractivity (Wildman–Crippen MR) is 123 cm³/mol. The highest BCUT2D eigenvalue weighted by molar-refractivity contribution is 7.98. The van der Waals surface area contributed by atoms with Crippen LogP contribution in [-0.4, -0.2) is 33.9 Å². The Morgan fingerprint density at radius 3 is 2.62 bits per heavy atom. The number of nitrogens with zero attached hydrogens (tertiary/aromatic N) is 7. The molecule has 9 nitrogen and oxygen atoms in total. The Hall–Kier alpha value is -3.40. The molecule has 0 radical (unpaired) electrons. The van der Waals surface area contributed by atoms with Crippen molar-refractivity contribution in [3.8, 4) is 11.6 Å². The van der Waals surface area contributed by atoms with E-state index < -0.39 is 0 Å². The van der Waals surface area contributed by atoms with Crippen LogP contribution in [0.5, 0.6) is 0 Å². The summed E-state index contributed by atoms with van der Waals surface area (Å²) in [7, 11) is 0. The number of aryl methyl sites for hydroxylation is 1. The average Bonchev–Trinajstić information content (AvgIpc) is 3.53. The van der Waals surface area contributed by atoms with E-state index in [1.54, 1.807) is 22.6 Å². The van der Waals surface area contributed by atoms with Crippen LogP contribution < -0.4 is 5.56 Å². The zero-order valence-electron chi connectivity index (χ0n) is 18.1. The number of hydrogen-bond donors (Lipinski definition) is 0. The second kappa shape index (κ2) is 8.27. The monoisotopic (exact) mass is 449 g/mol. The molecule has 0 aliphatic carbocycles. The van der Waals surface area contributed by atoms with Gasteiger partial charge in [-0.05, 0) is 37.1 Å². The third-order valence-electron chi connectivity index (χ3n) is 5.23. The van der Waals surface area contributed by atoms with E-state index in [9.17, 15) is 4.79 Å². The lowest BCUT2D eigenvalue weighted by molar-refractivity contribution is 0.489. The van der Waals surface area contributed by atoms with E-state index in [1.165, 1.54) is 0 Å². The molecule has 0 saturated heterocycles. The van der Waals surface area contributed by atoms with Crippen molar-refractivity contribution in [3.63, 3.8) is 0 Å². The smallest absolute Gasteiger partial charge is 0.262 e.